The second-order valence-corrected chi connectivity index (χ2v) is 6.59. The maximum Gasteiger partial charge on any atom is 0.244 e. The third-order valence-corrected chi connectivity index (χ3v) is 4.90. The smallest absolute Gasteiger partial charge is 0.244 e. The van der Waals surface area contributed by atoms with Crippen molar-refractivity contribution in [3.8, 4) is 0 Å². The predicted octanol–water partition coefficient (Wildman–Crippen LogP) is 3.60. The predicted molar refractivity (Wildman–Crippen MR) is 96.8 cm³/mol. The van der Waals surface area contributed by atoms with E-state index in [4.69, 9.17) is 11.6 Å². The number of carbonyl (C=O) groups excluding carboxylic acids is 2. The number of halogens is 1. The van der Waals surface area contributed by atoms with E-state index < -0.39 is 6.04 Å². The van der Waals surface area contributed by atoms with Gasteiger partial charge in [-0.3, -0.25) is 9.59 Å². The first-order valence-corrected chi connectivity index (χ1v) is 8.65. The van der Waals surface area contributed by atoms with Crippen LogP contribution >= 0.6 is 22.9 Å². The van der Waals surface area contributed by atoms with E-state index >= 15 is 0 Å². The quantitative estimate of drug-likeness (QED) is 0.782. The highest BCUT2D eigenvalue weighted by Gasteiger charge is 2.13. The molecule has 6 heteroatoms. The summed E-state index contributed by atoms with van der Waals surface area (Å²) in [6, 6.07) is 7.25. The molecule has 2 amide bonds. The van der Waals surface area contributed by atoms with Gasteiger partial charge < -0.3 is 10.6 Å². The van der Waals surface area contributed by atoms with Crippen molar-refractivity contribution in [2.24, 2.45) is 0 Å². The van der Waals surface area contributed by atoms with Gasteiger partial charge in [-0.25, -0.2) is 0 Å². The van der Waals surface area contributed by atoms with Crippen LogP contribution in [0.25, 0.3) is 16.2 Å². The fraction of sp³-hybridized carbons (Fsp3) is 0.294. The van der Waals surface area contributed by atoms with Gasteiger partial charge in [0.25, 0.3) is 0 Å². The van der Waals surface area contributed by atoms with Crippen LogP contribution < -0.4 is 10.6 Å². The number of nitrogens with one attached hydrogen (secondary N) is 2. The minimum Gasteiger partial charge on any atom is -0.354 e. The molecule has 122 valence electrons. The van der Waals surface area contributed by atoms with Crippen molar-refractivity contribution in [3.05, 3.63) is 40.2 Å². The Balaban J connectivity index is 2.00. The Bertz CT molecular complexity index is 739. The van der Waals surface area contributed by atoms with E-state index in [1.165, 1.54) is 17.4 Å². The average Bonchev–Trinajstić information content (AvgIpc) is 2.87. The van der Waals surface area contributed by atoms with Crippen LogP contribution in [0.1, 0.15) is 25.1 Å². The van der Waals surface area contributed by atoms with Crippen molar-refractivity contribution < 1.29 is 9.59 Å². The van der Waals surface area contributed by atoms with Crippen LogP contribution in [0.15, 0.2) is 30.3 Å². The molecule has 0 aliphatic carbocycles. The lowest BCUT2D eigenvalue weighted by Crippen LogP contribution is -2.44. The highest BCUT2D eigenvalue weighted by Crippen LogP contribution is 2.35. The minimum absolute atomic E-state index is 0.187. The highest BCUT2D eigenvalue weighted by molar-refractivity contribution is 7.20. The van der Waals surface area contributed by atoms with Gasteiger partial charge in [-0.1, -0.05) is 36.7 Å². The second-order valence-electron chi connectivity index (χ2n) is 5.13. The Morgan fingerprint density at radius 3 is 2.78 bits per heavy atom. The van der Waals surface area contributed by atoms with Gasteiger partial charge in [0.1, 0.15) is 6.04 Å². The monoisotopic (exact) mass is 350 g/mol. The number of rotatable bonds is 6. The van der Waals surface area contributed by atoms with Crippen molar-refractivity contribution in [1.29, 1.82) is 0 Å². The SMILES string of the molecule is CCCNC(=O)[C@@H](C)NC(=O)/C=C/c1sc2ccccc2c1Cl. The van der Waals surface area contributed by atoms with Crippen molar-refractivity contribution in [2.75, 3.05) is 6.54 Å². The summed E-state index contributed by atoms with van der Waals surface area (Å²) in [4.78, 5) is 24.5. The molecule has 0 unspecified atom stereocenters. The Morgan fingerprint density at radius 2 is 2.09 bits per heavy atom. The van der Waals surface area contributed by atoms with E-state index in [2.05, 4.69) is 10.6 Å². The van der Waals surface area contributed by atoms with E-state index in [-0.39, 0.29) is 11.8 Å². The fourth-order valence-corrected chi connectivity index (χ4v) is 3.42. The molecule has 2 aromatic rings. The Labute approximate surface area is 144 Å². The van der Waals surface area contributed by atoms with E-state index in [1.54, 1.807) is 13.0 Å². The van der Waals surface area contributed by atoms with Gasteiger partial charge in [0.05, 0.1) is 5.02 Å². The average molecular weight is 351 g/mol. The molecule has 2 N–H and O–H groups in total. The third kappa shape index (κ3) is 4.56. The number of fused-ring (bicyclic) bond motifs is 1. The van der Waals surface area contributed by atoms with Gasteiger partial charge in [-0.15, -0.1) is 11.3 Å². The van der Waals surface area contributed by atoms with E-state index in [9.17, 15) is 9.59 Å². The molecule has 23 heavy (non-hydrogen) atoms. The maximum atomic E-state index is 11.9. The zero-order chi connectivity index (χ0) is 16.8. The lowest BCUT2D eigenvalue weighted by atomic mass is 10.2. The van der Waals surface area contributed by atoms with E-state index in [0.29, 0.717) is 11.6 Å². The van der Waals surface area contributed by atoms with Gasteiger partial charge in [0.15, 0.2) is 0 Å². The standard InChI is InChI=1S/C17H19ClN2O2S/c1-3-10-19-17(22)11(2)20-15(21)9-8-14-16(18)12-6-4-5-7-13(12)23-14/h4-9,11H,3,10H2,1-2H3,(H,19,22)(H,20,21)/b9-8+/t11-/m1/s1. The summed E-state index contributed by atoms with van der Waals surface area (Å²) in [6.07, 6.45) is 3.94. The highest BCUT2D eigenvalue weighted by atomic mass is 35.5. The third-order valence-electron chi connectivity index (χ3n) is 3.25. The van der Waals surface area contributed by atoms with Crippen LogP contribution in [-0.4, -0.2) is 24.4 Å². The fourth-order valence-electron chi connectivity index (χ4n) is 2.02. The van der Waals surface area contributed by atoms with Crippen molar-refractivity contribution in [1.82, 2.24) is 10.6 Å². The molecule has 1 heterocycles. The molecule has 0 spiro atoms. The molecular weight excluding hydrogens is 332 g/mol. The molecule has 0 saturated heterocycles. The van der Waals surface area contributed by atoms with Crippen LogP contribution in [0.4, 0.5) is 0 Å². The van der Waals surface area contributed by atoms with Crippen LogP contribution in [0.2, 0.25) is 5.02 Å². The topological polar surface area (TPSA) is 58.2 Å². The molecule has 2 rings (SSSR count). The van der Waals surface area contributed by atoms with Gasteiger partial charge in [0.2, 0.25) is 11.8 Å². The number of carbonyl (C=O) groups is 2. The van der Waals surface area contributed by atoms with Gasteiger partial charge >= 0.3 is 0 Å². The molecule has 0 radical (unpaired) electrons. The number of thiophene rings is 1. The molecule has 1 aromatic heterocycles. The lowest BCUT2D eigenvalue weighted by molar-refractivity contribution is -0.126. The number of hydrogen-bond acceptors (Lipinski definition) is 3. The molecule has 1 aromatic carbocycles. The Hall–Kier alpha value is -1.85. The summed E-state index contributed by atoms with van der Waals surface area (Å²) < 4.78 is 1.07. The van der Waals surface area contributed by atoms with Gasteiger partial charge in [-0.05, 0) is 25.5 Å². The normalized spacial score (nSPS) is 12.5. The molecule has 0 saturated carbocycles. The molecule has 0 aliphatic rings. The van der Waals surface area contributed by atoms with Gasteiger partial charge in [0, 0.05) is 27.6 Å². The van der Waals surface area contributed by atoms with Crippen molar-refractivity contribution in [3.63, 3.8) is 0 Å². The lowest BCUT2D eigenvalue weighted by Gasteiger charge is -2.12. The Morgan fingerprint density at radius 1 is 1.35 bits per heavy atom. The summed E-state index contributed by atoms with van der Waals surface area (Å²) in [7, 11) is 0. The summed E-state index contributed by atoms with van der Waals surface area (Å²) in [5.74, 6) is -0.508. The van der Waals surface area contributed by atoms with Crippen LogP contribution in [0, 0.1) is 0 Å². The van der Waals surface area contributed by atoms with Crippen LogP contribution in [0.5, 0.6) is 0 Å². The second kappa shape index (κ2) is 8.13. The van der Waals surface area contributed by atoms with E-state index in [1.807, 2.05) is 31.2 Å². The zero-order valence-corrected chi connectivity index (χ0v) is 14.6. The molecule has 0 fully saturated rings. The summed E-state index contributed by atoms with van der Waals surface area (Å²) in [6.45, 7) is 4.23. The molecule has 0 aliphatic heterocycles. The molecule has 0 bridgehead atoms. The number of benzene rings is 1. The minimum atomic E-state index is -0.573. The summed E-state index contributed by atoms with van der Waals surface area (Å²) in [5.41, 5.74) is 0. The number of amides is 2. The van der Waals surface area contributed by atoms with Gasteiger partial charge in [-0.2, -0.15) is 0 Å². The zero-order valence-electron chi connectivity index (χ0n) is 13.1. The summed E-state index contributed by atoms with van der Waals surface area (Å²) in [5, 5.41) is 7.00. The van der Waals surface area contributed by atoms with Crippen LogP contribution in [0.3, 0.4) is 0 Å². The first kappa shape index (κ1) is 17.5. The van der Waals surface area contributed by atoms with Crippen molar-refractivity contribution >= 4 is 50.9 Å². The number of hydrogen-bond donors (Lipinski definition) is 2. The van der Waals surface area contributed by atoms with Crippen molar-refractivity contribution in [2.45, 2.75) is 26.3 Å². The molecule has 4 nitrogen and oxygen atoms in total. The molecular formula is C17H19ClN2O2S. The first-order chi connectivity index (χ1) is 11.0. The maximum absolute atomic E-state index is 11.9. The first-order valence-electron chi connectivity index (χ1n) is 7.46. The molecule has 1 atom stereocenters. The summed E-state index contributed by atoms with van der Waals surface area (Å²) >= 11 is 7.84. The Kier molecular flexibility index (Phi) is 6.19. The van der Waals surface area contributed by atoms with E-state index in [0.717, 1.165) is 21.4 Å². The largest absolute Gasteiger partial charge is 0.354 e. The van der Waals surface area contributed by atoms with Crippen LogP contribution in [-0.2, 0) is 9.59 Å².